The lowest BCUT2D eigenvalue weighted by Gasteiger charge is -2.22. The minimum atomic E-state index is -0.278. The molecule has 0 bridgehead atoms. The van der Waals surface area contributed by atoms with Crippen molar-refractivity contribution >= 4 is 27.5 Å². The summed E-state index contributed by atoms with van der Waals surface area (Å²) >= 11 is 3.25. The zero-order valence-corrected chi connectivity index (χ0v) is 12.9. The smallest absolute Gasteiger partial charge is 0.277 e. The number of nitrogens with one attached hydrogen (secondary N) is 2. The standard InChI is InChI=1S/C13H15BrN6O/c14-12-2-1-9(7-16-12)17-13(21)11-8-20(19-18-11)10-3-5-15-6-4-10/h1-2,7-8,10,15H,3-6H2,(H,17,21). The summed E-state index contributed by atoms with van der Waals surface area (Å²) < 4.78 is 2.51. The highest BCUT2D eigenvalue weighted by Gasteiger charge is 2.18. The summed E-state index contributed by atoms with van der Waals surface area (Å²) in [6.45, 7) is 1.94. The Kier molecular flexibility index (Phi) is 4.26. The average Bonchev–Trinajstić information content (AvgIpc) is 3.00. The second kappa shape index (κ2) is 6.31. The van der Waals surface area contributed by atoms with Gasteiger partial charge >= 0.3 is 0 Å². The first-order valence-electron chi connectivity index (χ1n) is 6.78. The molecule has 0 unspecified atom stereocenters. The molecule has 2 aromatic heterocycles. The van der Waals surface area contributed by atoms with Crippen LogP contribution in [0.4, 0.5) is 5.69 Å². The molecule has 0 atom stereocenters. The Hall–Kier alpha value is -1.80. The Labute approximate surface area is 130 Å². The first kappa shape index (κ1) is 14.2. The molecule has 0 spiro atoms. The largest absolute Gasteiger partial charge is 0.319 e. The highest BCUT2D eigenvalue weighted by Crippen LogP contribution is 2.17. The summed E-state index contributed by atoms with van der Waals surface area (Å²) in [5.41, 5.74) is 0.941. The number of hydrogen-bond acceptors (Lipinski definition) is 5. The number of rotatable bonds is 3. The fraction of sp³-hybridized carbons (Fsp3) is 0.385. The van der Waals surface area contributed by atoms with Crippen LogP contribution in [0.15, 0.2) is 29.1 Å². The van der Waals surface area contributed by atoms with E-state index >= 15 is 0 Å². The molecule has 2 N–H and O–H groups in total. The molecule has 1 amide bonds. The van der Waals surface area contributed by atoms with E-state index in [1.807, 2.05) is 0 Å². The lowest BCUT2D eigenvalue weighted by atomic mass is 10.1. The van der Waals surface area contributed by atoms with Gasteiger partial charge in [0.05, 0.1) is 24.1 Å². The van der Waals surface area contributed by atoms with Crippen LogP contribution in [0.5, 0.6) is 0 Å². The first-order chi connectivity index (χ1) is 10.2. The predicted molar refractivity (Wildman–Crippen MR) is 81.1 cm³/mol. The Morgan fingerprint density at radius 3 is 2.90 bits per heavy atom. The molecule has 8 heteroatoms. The van der Waals surface area contributed by atoms with Crippen molar-refractivity contribution in [3.05, 3.63) is 34.8 Å². The van der Waals surface area contributed by atoms with Crippen molar-refractivity contribution in [2.24, 2.45) is 0 Å². The normalized spacial score (nSPS) is 15.9. The number of carbonyl (C=O) groups excluding carboxylic acids is 1. The number of nitrogens with zero attached hydrogens (tertiary/aromatic N) is 4. The zero-order chi connectivity index (χ0) is 14.7. The molecule has 1 fully saturated rings. The third-order valence-corrected chi connectivity index (χ3v) is 3.88. The lowest BCUT2D eigenvalue weighted by molar-refractivity contribution is 0.102. The Morgan fingerprint density at radius 2 is 2.19 bits per heavy atom. The quantitative estimate of drug-likeness (QED) is 0.821. The van der Waals surface area contributed by atoms with Crippen molar-refractivity contribution in [2.75, 3.05) is 18.4 Å². The van der Waals surface area contributed by atoms with Gasteiger partial charge in [-0.1, -0.05) is 5.21 Å². The van der Waals surface area contributed by atoms with E-state index in [9.17, 15) is 4.79 Å². The summed E-state index contributed by atoms with van der Waals surface area (Å²) in [6, 6.07) is 3.85. The molecule has 21 heavy (non-hydrogen) atoms. The van der Waals surface area contributed by atoms with Gasteiger partial charge in [-0.3, -0.25) is 4.79 Å². The SMILES string of the molecule is O=C(Nc1ccc(Br)nc1)c1cn(C2CCNCC2)nn1. The molecule has 3 heterocycles. The second-order valence-electron chi connectivity index (χ2n) is 4.89. The molecule has 3 rings (SSSR count). The van der Waals surface area contributed by atoms with E-state index in [0.717, 1.165) is 30.5 Å². The van der Waals surface area contributed by atoms with Crippen LogP contribution >= 0.6 is 15.9 Å². The van der Waals surface area contributed by atoms with Gasteiger partial charge in [-0.2, -0.15) is 0 Å². The summed E-state index contributed by atoms with van der Waals surface area (Å²) in [6.07, 6.45) is 5.29. The predicted octanol–water partition coefficient (Wildman–Crippen LogP) is 1.61. The molecule has 0 aromatic carbocycles. The fourth-order valence-corrected chi connectivity index (χ4v) is 2.51. The van der Waals surface area contributed by atoms with Gasteiger partial charge < -0.3 is 10.6 Å². The van der Waals surface area contributed by atoms with Crippen molar-refractivity contribution in [3.8, 4) is 0 Å². The summed E-state index contributed by atoms with van der Waals surface area (Å²) in [4.78, 5) is 16.2. The maximum Gasteiger partial charge on any atom is 0.277 e. The number of halogens is 1. The highest BCUT2D eigenvalue weighted by atomic mass is 79.9. The van der Waals surface area contributed by atoms with Crippen LogP contribution < -0.4 is 10.6 Å². The van der Waals surface area contributed by atoms with Crippen LogP contribution in [-0.2, 0) is 0 Å². The number of aromatic nitrogens is 4. The molecule has 0 radical (unpaired) electrons. The average molecular weight is 351 g/mol. The molecular formula is C13H15BrN6O. The summed E-state index contributed by atoms with van der Waals surface area (Å²) in [5, 5.41) is 14.1. The number of piperidine rings is 1. The van der Waals surface area contributed by atoms with Crippen LogP contribution in [0.1, 0.15) is 29.4 Å². The van der Waals surface area contributed by atoms with E-state index in [4.69, 9.17) is 0 Å². The van der Waals surface area contributed by atoms with E-state index in [1.165, 1.54) is 0 Å². The molecule has 0 aliphatic carbocycles. The van der Waals surface area contributed by atoms with Crippen LogP contribution in [0.3, 0.4) is 0 Å². The highest BCUT2D eigenvalue weighted by molar-refractivity contribution is 9.10. The lowest BCUT2D eigenvalue weighted by Crippen LogP contribution is -2.29. The molecule has 1 aliphatic rings. The van der Waals surface area contributed by atoms with Crippen molar-refractivity contribution < 1.29 is 4.79 Å². The van der Waals surface area contributed by atoms with E-state index < -0.39 is 0 Å². The van der Waals surface area contributed by atoms with Crippen LogP contribution in [-0.4, -0.2) is 39.0 Å². The Morgan fingerprint density at radius 1 is 1.38 bits per heavy atom. The van der Waals surface area contributed by atoms with E-state index in [2.05, 4.69) is 41.9 Å². The van der Waals surface area contributed by atoms with Gasteiger partial charge in [0.25, 0.3) is 5.91 Å². The van der Waals surface area contributed by atoms with Crippen LogP contribution in [0.25, 0.3) is 0 Å². The monoisotopic (exact) mass is 350 g/mol. The van der Waals surface area contributed by atoms with E-state index in [1.54, 1.807) is 29.2 Å². The van der Waals surface area contributed by atoms with Gasteiger partial charge in [-0.05, 0) is 54.0 Å². The fourth-order valence-electron chi connectivity index (χ4n) is 2.28. The molecule has 110 valence electrons. The van der Waals surface area contributed by atoms with Gasteiger partial charge in [0, 0.05) is 0 Å². The molecule has 0 saturated carbocycles. The van der Waals surface area contributed by atoms with Gasteiger partial charge in [0.1, 0.15) is 4.60 Å². The maximum atomic E-state index is 12.1. The van der Waals surface area contributed by atoms with Gasteiger partial charge in [-0.15, -0.1) is 5.10 Å². The second-order valence-corrected chi connectivity index (χ2v) is 5.70. The third-order valence-electron chi connectivity index (χ3n) is 3.41. The number of anilines is 1. The van der Waals surface area contributed by atoms with Crippen molar-refractivity contribution in [2.45, 2.75) is 18.9 Å². The number of pyridine rings is 1. The zero-order valence-electron chi connectivity index (χ0n) is 11.3. The topological polar surface area (TPSA) is 84.7 Å². The van der Waals surface area contributed by atoms with E-state index in [-0.39, 0.29) is 5.91 Å². The third kappa shape index (κ3) is 3.45. The minimum Gasteiger partial charge on any atom is -0.319 e. The maximum absolute atomic E-state index is 12.1. The first-order valence-corrected chi connectivity index (χ1v) is 7.57. The summed E-state index contributed by atoms with van der Waals surface area (Å²) in [7, 11) is 0. The van der Waals surface area contributed by atoms with Gasteiger partial charge in [0.2, 0.25) is 0 Å². The molecule has 7 nitrogen and oxygen atoms in total. The van der Waals surface area contributed by atoms with Crippen LogP contribution in [0, 0.1) is 0 Å². The molecule has 1 saturated heterocycles. The minimum absolute atomic E-state index is 0.278. The van der Waals surface area contributed by atoms with Gasteiger partial charge in [0.15, 0.2) is 5.69 Å². The number of amides is 1. The van der Waals surface area contributed by atoms with Crippen LogP contribution in [0.2, 0.25) is 0 Å². The Balaban J connectivity index is 1.67. The van der Waals surface area contributed by atoms with Gasteiger partial charge in [-0.25, -0.2) is 9.67 Å². The van der Waals surface area contributed by atoms with E-state index in [0.29, 0.717) is 17.4 Å². The molecular weight excluding hydrogens is 336 g/mol. The Bertz CT molecular complexity index is 620. The molecule has 2 aromatic rings. The van der Waals surface area contributed by atoms with Crippen molar-refractivity contribution in [1.82, 2.24) is 25.3 Å². The summed E-state index contributed by atoms with van der Waals surface area (Å²) in [5.74, 6) is -0.278. The number of hydrogen-bond donors (Lipinski definition) is 2. The van der Waals surface area contributed by atoms with Crippen molar-refractivity contribution in [3.63, 3.8) is 0 Å². The number of carbonyl (C=O) groups is 1. The van der Waals surface area contributed by atoms with Crippen molar-refractivity contribution in [1.29, 1.82) is 0 Å². The molecule has 1 aliphatic heterocycles.